The standard InChI is InChI=1S/C21H17N5/c1-14-4-3-5-15(2)19(14)26-11-9-22-20(26)16-6-7-17-13-25-10-8-23-21(25)24-18(17)12-16/h3-13H,1-2H3. The van der Waals surface area contributed by atoms with Gasteiger partial charge in [-0.1, -0.05) is 30.3 Å². The van der Waals surface area contributed by atoms with Crippen molar-refractivity contribution in [1.82, 2.24) is 23.9 Å². The molecule has 0 N–H and O–H groups in total. The lowest BCUT2D eigenvalue weighted by molar-refractivity contribution is 1.03. The van der Waals surface area contributed by atoms with Crippen LogP contribution in [0.3, 0.4) is 0 Å². The Kier molecular flexibility index (Phi) is 3.15. The molecule has 0 fully saturated rings. The van der Waals surface area contributed by atoms with E-state index in [1.165, 1.54) is 16.8 Å². The van der Waals surface area contributed by atoms with Gasteiger partial charge in [0, 0.05) is 41.9 Å². The van der Waals surface area contributed by atoms with E-state index in [2.05, 4.69) is 69.8 Å². The number of aryl methyl sites for hydroxylation is 2. The molecule has 0 saturated heterocycles. The zero-order valence-corrected chi connectivity index (χ0v) is 14.6. The molecule has 26 heavy (non-hydrogen) atoms. The van der Waals surface area contributed by atoms with Crippen LogP contribution in [0.5, 0.6) is 0 Å². The largest absolute Gasteiger partial charge is 0.299 e. The first-order chi connectivity index (χ1) is 12.7. The third-order valence-corrected chi connectivity index (χ3v) is 4.76. The normalized spacial score (nSPS) is 11.5. The highest BCUT2D eigenvalue weighted by Gasteiger charge is 2.12. The number of aromatic nitrogens is 5. The van der Waals surface area contributed by atoms with Gasteiger partial charge < -0.3 is 0 Å². The Morgan fingerprint density at radius 1 is 0.885 bits per heavy atom. The minimum Gasteiger partial charge on any atom is -0.299 e. The van der Waals surface area contributed by atoms with Gasteiger partial charge in [-0.15, -0.1) is 0 Å². The number of benzene rings is 2. The van der Waals surface area contributed by atoms with E-state index in [0.717, 1.165) is 22.3 Å². The number of imidazole rings is 2. The van der Waals surface area contributed by atoms with E-state index in [0.29, 0.717) is 5.78 Å². The van der Waals surface area contributed by atoms with Crippen molar-refractivity contribution in [1.29, 1.82) is 0 Å². The van der Waals surface area contributed by atoms with E-state index in [-0.39, 0.29) is 0 Å². The maximum Gasteiger partial charge on any atom is 0.234 e. The van der Waals surface area contributed by atoms with Crippen molar-refractivity contribution in [3.63, 3.8) is 0 Å². The summed E-state index contributed by atoms with van der Waals surface area (Å²) < 4.78 is 4.08. The molecule has 0 aliphatic carbocycles. The van der Waals surface area contributed by atoms with Gasteiger partial charge in [-0.25, -0.2) is 15.0 Å². The molecule has 0 aliphatic heterocycles. The van der Waals surface area contributed by atoms with E-state index >= 15 is 0 Å². The Balaban J connectivity index is 1.71. The number of nitrogens with zero attached hydrogens (tertiary/aromatic N) is 5. The Morgan fingerprint density at radius 2 is 1.69 bits per heavy atom. The first kappa shape index (κ1) is 14.8. The summed E-state index contributed by atoms with van der Waals surface area (Å²) in [4.78, 5) is 13.6. The zero-order chi connectivity index (χ0) is 17.7. The van der Waals surface area contributed by atoms with Crippen LogP contribution in [-0.2, 0) is 0 Å². The summed E-state index contributed by atoms with van der Waals surface area (Å²) in [5.74, 6) is 1.61. The molecule has 0 atom stereocenters. The summed E-state index contributed by atoms with van der Waals surface area (Å²) in [5.41, 5.74) is 5.58. The first-order valence-electron chi connectivity index (χ1n) is 8.54. The quantitative estimate of drug-likeness (QED) is 0.480. The molecule has 2 aromatic carbocycles. The van der Waals surface area contributed by atoms with Crippen molar-refractivity contribution in [3.8, 4) is 17.1 Å². The molecule has 0 unspecified atom stereocenters. The van der Waals surface area contributed by atoms with Crippen LogP contribution < -0.4 is 0 Å². The van der Waals surface area contributed by atoms with Crippen LogP contribution in [0.4, 0.5) is 0 Å². The molecule has 5 heteroatoms. The van der Waals surface area contributed by atoms with Gasteiger partial charge in [0.25, 0.3) is 0 Å². The lowest BCUT2D eigenvalue weighted by atomic mass is 10.1. The van der Waals surface area contributed by atoms with Crippen molar-refractivity contribution in [2.24, 2.45) is 0 Å². The van der Waals surface area contributed by atoms with Crippen molar-refractivity contribution in [2.45, 2.75) is 13.8 Å². The van der Waals surface area contributed by atoms with Crippen molar-refractivity contribution in [2.75, 3.05) is 0 Å². The van der Waals surface area contributed by atoms with Crippen molar-refractivity contribution < 1.29 is 0 Å². The summed E-state index contributed by atoms with van der Waals surface area (Å²) in [6, 6.07) is 12.6. The van der Waals surface area contributed by atoms with Crippen LogP contribution in [0.1, 0.15) is 11.1 Å². The number of rotatable bonds is 2. The summed E-state index contributed by atoms with van der Waals surface area (Å²) in [5, 5.41) is 1.07. The SMILES string of the molecule is Cc1cccc(C)c1-n1ccnc1-c1ccc2cn3ccnc3nc2c1. The van der Waals surface area contributed by atoms with Gasteiger partial charge in [-0.2, -0.15) is 0 Å². The highest BCUT2D eigenvalue weighted by atomic mass is 15.1. The fourth-order valence-corrected chi connectivity index (χ4v) is 3.52. The third kappa shape index (κ3) is 2.21. The molecule has 5 nitrogen and oxygen atoms in total. The van der Waals surface area contributed by atoms with Gasteiger partial charge in [0.05, 0.1) is 11.2 Å². The smallest absolute Gasteiger partial charge is 0.234 e. The number of hydrogen-bond donors (Lipinski definition) is 0. The molecule has 0 aliphatic rings. The molecule has 3 aromatic heterocycles. The van der Waals surface area contributed by atoms with Crippen LogP contribution in [0.15, 0.2) is 67.4 Å². The molecule has 0 amide bonds. The molecule has 5 aromatic rings. The molecule has 0 saturated carbocycles. The molecule has 0 bridgehead atoms. The van der Waals surface area contributed by atoms with Crippen molar-refractivity contribution >= 4 is 16.7 Å². The third-order valence-electron chi connectivity index (χ3n) is 4.76. The van der Waals surface area contributed by atoms with Gasteiger partial charge in [0.15, 0.2) is 0 Å². The highest BCUT2D eigenvalue weighted by Crippen LogP contribution is 2.27. The fourth-order valence-electron chi connectivity index (χ4n) is 3.52. The number of para-hydroxylation sites is 1. The maximum absolute atomic E-state index is 4.66. The molecule has 5 rings (SSSR count). The topological polar surface area (TPSA) is 48.0 Å². The maximum atomic E-state index is 4.66. The zero-order valence-electron chi connectivity index (χ0n) is 14.6. The Morgan fingerprint density at radius 3 is 2.54 bits per heavy atom. The lowest BCUT2D eigenvalue weighted by Gasteiger charge is -2.14. The highest BCUT2D eigenvalue weighted by molar-refractivity contribution is 5.84. The molecule has 0 spiro atoms. The average molecular weight is 339 g/mol. The molecular weight excluding hydrogens is 322 g/mol. The molecular formula is C21H17N5. The summed E-state index contributed by atoms with van der Waals surface area (Å²) in [6.07, 6.45) is 9.57. The predicted molar refractivity (Wildman–Crippen MR) is 103 cm³/mol. The number of hydrogen-bond acceptors (Lipinski definition) is 3. The van der Waals surface area contributed by atoms with Crippen LogP contribution in [-0.4, -0.2) is 23.9 Å². The second kappa shape index (κ2) is 5.52. The molecule has 0 radical (unpaired) electrons. The van der Waals surface area contributed by atoms with E-state index in [1.54, 1.807) is 6.20 Å². The second-order valence-corrected chi connectivity index (χ2v) is 6.51. The van der Waals surface area contributed by atoms with Crippen molar-refractivity contribution in [3.05, 3.63) is 78.5 Å². The fraction of sp³-hybridized carbons (Fsp3) is 0.0952. The number of fused-ring (bicyclic) bond motifs is 2. The van der Waals surface area contributed by atoms with Gasteiger partial charge in [-0.05, 0) is 31.0 Å². The van der Waals surface area contributed by atoms with E-state index in [1.807, 2.05) is 29.2 Å². The lowest BCUT2D eigenvalue weighted by Crippen LogP contribution is -2.01. The van der Waals surface area contributed by atoms with Gasteiger partial charge in [0.2, 0.25) is 5.78 Å². The Labute approximate surface area is 150 Å². The average Bonchev–Trinajstić information content (AvgIpc) is 3.28. The first-order valence-corrected chi connectivity index (χ1v) is 8.54. The van der Waals surface area contributed by atoms with E-state index in [4.69, 9.17) is 0 Å². The summed E-state index contributed by atoms with van der Waals surface area (Å²) in [7, 11) is 0. The van der Waals surface area contributed by atoms with Crippen LogP contribution in [0.25, 0.3) is 33.8 Å². The molecule has 126 valence electrons. The monoisotopic (exact) mass is 339 g/mol. The van der Waals surface area contributed by atoms with Gasteiger partial charge >= 0.3 is 0 Å². The van der Waals surface area contributed by atoms with Crippen LogP contribution in [0.2, 0.25) is 0 Å². The van der Waals surface area contributed by atoms with E-state index in [9.17, 15) is 0 Å². The second-order valence-electron chi connectivity index (χ2n) is 6.51. The van der Waals surface area contributed by atoms with Crippen LogP contribution in [0, 0.1) is 13.8 Å². The van der Waals surface area contributed by atoms with Gasteiger partial charge in [-0.3, -0.25) is 8.97 Å². The predicted octanol–water partition coefficient (Wildman–Crippen LogP) is 4.35. The Bertz CT molecular complexity index is 1240. The molecule has 3 heterocycles. The Hall–Kier alpha value is -3.47. The van der Waals surface area contributed by atoms with Crippen LogP contribution >= 0.6 is 0 Å². The summed E-state index contributed by atoms with van der Waals surface area (Å²) >= 11 is 0. The minimum atomic E-state index is 0.702. The minimum absolute atomic E-state index is 0.702. The summed E-state index contributed by atoms with van der Waals surface area (Å²) in [6.45, 7) is 4.26. The van der Waals surface area contributed by atoms with E-state index < -0.39 is 0 Å². The van der Waals surface area contributed by atoms with Gasteiger partial charge in [0.1, 0.15) is 5.82 Å².